The summed E-state index contributed by atoms with van der Waals surface area (Å²) in [6.07, 6.45) is 1.00. The van der Waals surface area contributed by atoms with E-state index in [1.165, 1.54) is 7.11 Å². The molecule has 98 valence electrons. The topological polar surface area (TPSA) is 49.9 Å². The van der Waals surface area contributed by atoms with Gasteiger partial charge in [-0.2, -0.15) is 0 Å². The van der Waals surface area contributed by atoms with Gasteiger partial charge in [0.25, 0.3) is 0 Å². The minimum Gasteiger partial charge on any atom is -0.469 e. The maximum Gasteiger partial charge on any atom is 0.307 e. The van der Waals surface area contributed by atoms with Crippen LogP contribution in [0.4, 0.5) is 0 Å². The van der Waals surface area contributed by atoms with E-state index in [9.17, 15) is 9.59 Å². The molecule has 0 aromatic carbocycles. The van der Waals surface area contributed by atoms with Crippen molar-refractivity contribution in [1.29, 1.82) is 0 Å². The molecule has 5 nitrogen and oxygen atoms in total. The predicted octanol–water partition coefficient (Wildman–Crippen LogP) is 0.491. The molecule has 1 aliphatic heterocycles. The van der Waals surface area contributed by atoms with E-state index in [4.69, 9.17) is 0 Å². The average molecular weight is 242 g/mol. The number of methoxy groups -OCH3 is 1. The molecule has 0 radical (unpaired) electrons. The van der Waals surface area contributed by atoms with Crippen LogP contribution < -0.4 is 0 Å². The summed E-state index contributed by atoms with van der Waals surface area (Å²) < 4.78 is 4.66. The van der Waals surface area contributed by atoms with Crippen molar-refractivity contribution in [3.8, 4) is 0 Å². The highest BCUT2D eigenvalue weighted by Crippen LogP contribution is 2.26. The quantitative estimate of drug-likeness (QED) is 0.661. The molecule has 1 heterocycles. The molecular formula is C12H22N2O3. The van der Waals surface area contributed by atoms with Gasteiger partial charge in [-0.1, -0.05) is 0 Å². The van der Waals surface area contributed by atoms with Crippen molar-refractivity contribution in [2.24, 2.45) is 0 Å². The van der Waals surface area contributed by atoms with Crippen LogP contribution in [0, 0.1) is 0 Å². The van der Waals surface area contributed by atoms with Gasteiger partial charge < -0.3 is 9.64 Å². The third kappa shape index (κ3) is 2.97. The molecule has 0 spiro atoms. The minimum atomic E-state index is -0.426. The summed E-state index contributed by atoms with van der Waals surface area (Å²) in [5.74, 6) is -0.357. The summed E-state index contributed by atoms with van der Waals surface area (Å²) in [6.45, 7) is 4.89. The van der Waals surface area contributed by atoms with Crippen LogP contribution in [0.2, 0.25) is 0 Å². The van der Waals surface area contributed by atoms with E-state index in [1.54, 1.807) is 11.9 Å². The van der Waals surface area contributed by atoms with Gasteiger partial charge in [0, 0.05) is 19.1 Å². The molecule has 0 aromatic heterocycles. The van der Waals surface area contributed by atoms with Crippen LogP contribution in [0.25, 0.3) is 0 Å². The number of esters is 1. The molecule has 0 bridgehead atoms. The van der Waals surface area contributed by atoms with E-state index < -0.39 is 6.04 Å². The number of amides is 1. The Morgan fingerprint density at radius 1 is 1.47 bits per heavy atom. The minimum absolute atomic E-state index is 0.0107. The lowest BCUT2D eigenvalue weighted by Gasteiger charge is -2.37. The molecule has 1 unspecified atom stereocenters. The molecule has 0 saturated carbocycles. The van der Waals surface area contributed by atoms with Crippen molar-refractivity contribution in [1.82, 2.24) is 9.80 Å². The first-order chi connectivity index (χ1) is 7.79. The summed E-state index contributed by atoms with van der Waals surface area (Å²) in [7, 11) is 5.02. The van der Waals surface area contributed by atoms with E-state index in [0.717, 1.165) is 6.42 Å². The van der Waals surface area contributed by atoms with Crippen molar-refractivity contribution in [3.63, 3.8) is 0 Å². The van der Waals surface area contributed by atoms with Gasteiger partial charge in [0.1, 0.15) is 6.04 Å². The van der Waals surface area contributed by atoms with Crippen LogP contribution in [0.3, 0.4) is 0 Å². The Hall–Kier alpha value is -1.10. The first-order valence-electron chi connectivity index (χ1n) is 5.84. The number of hydrogen-bond acceptors (Lipinski definition) is 4. The summed E-state index contributed by atoms with van der Waals surface area (Å²) >= 11 is 0. The SMILES string of the molecule is COC(=O)CC1C(=O)N(C)CCC(C)(C)N1C. The zero-order chi connectivity index (χ0) is 13.2. The maximum absolute atomic E-state index is 12.2. The summed E-state index contributed by atoms with van der Waals surface area (Å²) in [5, 5.41) is 0. The molecule has 1 saturated heterocycles. The predicted molar refractivity (Wildman–Crippen MR) is 64.5 cm³/mol. The lowest BCUT2D eigenvalue weighted by Crippen LogP contribution is -2.51. The fourth-order valence-electron chi connectivity index (χ4n) is 2.04. The molecule has 1 fully saturated rings. The molecule has 0 N–H and O–H groups in total. The molecule has 1 amide bonds. The van der Waals surface area contributed by atoms with Crippen molar-refractivity contribution in [2.75, 3.05) is 27.7 Å². The Morgan fingerprint density at radius 3 is 2.59 bits per heavy atom. The van der Waals surface area contributed by atoms with Gasteiger partial charge >= 0.3 is 5.97 Å². The Bertz CT molecular complexity index is 315. The highest BCUT2D eigenvalue weighted by atomic mass is 16.5. The van der Waals surface area contributed by atoms with E-state index in [2.05, 4.69) is 18.6 Å². The number of rotatable bonds is 2. The normalized spacial score (nSPS) is 25.6. The number of ether oxygens (including phenoxy) is 1. The summed E-state index contributed by atoms with van der Waals surface area (Å²) in [4.78, 5) is 27.2. The highest BCUT2D eigenvalue weighted by Gasteiger charge is 2.39. The molecular weight excluding hydrogens is 220 g/mol. The number of carbonyl (C=O) groups is 2. The second-order valence-corrected chi connectivity index (χ2v) is 5.23. The number of carbonyl (C=O) groups excluding carboxylic acids is 2. The molecule has 1 rings (SSSR count). The Morgan fingerprint density at radius 2 is 2.06 bits per heavy atom. The Kier molecular flexibility index (Phi) is 4.14. The van der Waals surface area contributed by atoms with Crippen molar-refractivity contribution >= 4 is 11.9 Å². The fourth-order valence-corrected chi connectivity index (χ4v) is 2.04. The number of likely N-dealkylation sites (N-methyl/N-ethyl adjacent to an activating group) is 2. The molecule has 5 heteroatoms. The van der Waals surface area contributed by atoms with Crippen molar-refractivity contribution < 1.29 is 14.3 Å². The second-order valence-electron chi connectivity index (χ2n) is 5.23. The van der Waals surface area contributed by atoms with E-state index in [1.807, 2.05) is 11.9 Å². The molecule has 1 atom stereocenters. The zero-order valence-corrected chi connectivity index (χ0v) is 11.3. The number of nitrogens with zero attached hydrogens (tertiary/aromatic N) is 2. The van der Waals surface area contributed by atoms with E-state index in [0.29, 0.717) is 6.54 Å². The average Bonchev–Trinajstić information content (AvgIpc) is 2.35. The van der Waals surface area contributed by atoms with Crippen molar-refractivity contribution in [2.45, 2.75) is 38.3 Å². The smallest absolute Gasteiger partial charge is 0.307 e. The van der Waals surface area contributed by atoms with Crippen LogP contribution in [-0.4, -0.2) is 61.0 Å². The molecule has 1 aliphatic rings. The van der Waals surface area contributed by atoms with Gasteiger partial charge in [-0.15, -0.1) is 0 Å². The van der Waals surface area contributed by atoms with Gasteiger partial charge in [0.15, 0.2) is 0 Å². The van der Waals surface area contributed by atoms with Crippen LogP contribution in [0.15, 0.2) is 0 Å². The van der Waals surface area contributed by atoms with Gasteiger partial charge in [-0.05, 0) is 27.3 Å². The fraction of sp³-hybridized carbons (Fsp3) is 0.833. The van der Waals surface area contributed by atoms with Gasteiger partial charge in [0.2, 0.25) is 5.91 Å². The van der Waals surface area contributed by atoms with Crippen molar-refractivity contribution in [3.05, 3.63) is 0 Å². The molecule has 0 aromatic rings. The number of hydrogen-bond donors (Lipinski definition) is 0. The van der Waals surface area contributed by atoms with Crippen LogP contribution in [0.1, 0.15) is 26.7 Å². The first-order valence-corrected chi connectivity index (χ1v) is 5.84. The van der Waals surface area contributed by atoms with Crippen LogP contribution in [-0.2, 0) is 14.3 Å². The van der Waals surface area contributed by atoms with Crippen LogP contribution in [0.5, 0.6) is 0 Å². The molecule has 17 heavy (non-hydrogen) atoms. The standard InChI is InChI=1S/C12H22N2O3/c1-12(2)6-7-13(3)11(16)9(14(12)4)8-10(15)17-5/h9H,6-8H2,1-5H3. The third-order valence-electron chi connectivity index (χ3n) is 3.73. The third-order valence-corrected chi connectivity index (χ3v) is 3.73. The monoisotopic (exact) mass is 242 g/mol. The van der Waals surface area contributed by atoms with E-state index >= 15 is 0 Å². The lowest BCUT2D eigenvalue weighted by atomic mass is 9.97. The lowest BCUT2D eigenvalue weighted by molar-refractivity contribution is -0.147. The van der Waals surface area contributed by atoms with E-state index in [-0.39, 0.29) is 23.8 Å². The summed E-state index contributed by atoms with van der Waals surface area (Å²) in [5.41, 5.74) is -0.0981. The summed E-state index contributed by atoms with van der Waals surface area (Å²) in [6, 6.07) is -0.426. The van der Waals surface area contributed by atoms with Gasteiger partial charge in [-0.3, -0.25) is 14.5 Å². The van der Waals surface area contributed by atoms with Crippen LogP contribution >= 0.6 is 0 Å². The van der Waals surface area contributed by atoms with Gasteiger partial charge in [0.05, 0.1) is 13.5 Å². The Labute approximate surface area is 103 Å². The molecule has 0 aliphatic carbocycles. The Balaban J connectivity index is 2.94. The highest BCUT2D eigenvalue weighted by molar-refractivity contribution is 5.86. The van der Waals surface area contributed by atoms with Gasteiger partial charge in [-0.25, -0.2) is 0 Å². The second kappa shape index (κ2) is 5.04. The largest absolute Gasteiger partial charge is 0.469 e. The zero-order valence-electron chi connectivity index (χ0n) is 11.3. The first kappa shape index (κ1) is 14.0. The maximum atomic E-state index is 12.2.